The van der Waals surface area contributed by atoms with Crippen molar-refractivity contribution in [2.45, 2.75) is 25.9 Å². The number of rotatable bonds is 4. The maximum Gasteiger partial charge on any atom is 0.416 e. The monoisotopic (exact) mass is 467 g/mol. The van der Waals surface area contributed by atoms with Crippen LogP contribution in [-0.4, -0.2) is 46.1 Å². The number of halogens is 3. The number of alkyl halides is 3. The third-order valence-corrected chi connectivity index (χ3v) is 5.97. The van der Waals surface area contributed by atoms with Gasteiger partial charge < -0.3 is 9.64 Å². The molecular weight excluding hydrogens is 443 g/mol. The number of fused-ring (bicyclic) bond motifs is 1. The molecule has 0 bridgehead atoms. The fourth-order valence-electron chi connectivity index (χ4n) is 4.06. The molecule has 5 rings (SSSR count). The molecule has 9 heteroatoms. The van der Waals surface area contributed by atoms with Crippen LogP contribution in [0.5, 0.6) is 0 Å². The SMILES string of the molecule is CC(C)c1ccc(-n2ncc3c(N4CCOCC4)nc(-c4cccc(C(F)(F)F)c4)nc32)cc1. The van der Waals surface area contributed by atoms with Crippen molar-refractivity contribution in [1.29, 1.82) is 0 Å². The summed E-state index contributed by atoms with van der Waals surface area (Å²) in [7, 11) is 0. The van der Waals surface area contributed by atoms with Crippen molar-refractivity contribution in [3.63, 3.8) is 0 Å². The number of anilines is 1. The second-order valence-electron chi connectivity index (χ2n) is 8.59. The van der Waals surface area contributed by atoms with E-state index < -0.39 is 11.7 Å². The number of morpholine rings is 1. The molecule has 0 spiro atoms. The lowest BCUT2D eigenvalue weighted by Crippen LogP contribution is -2.37. The van der Waals surface area contributed by atoms with Gasteiger partial charge in [0, 0.05) is 18.7 Å². The van der Waals surface area contributed by atoms with Gasteiger partial charge in [-0.15, -0.1) is 0 Å². The first-order valence-electron chi connectivity index (χ1n) is 11.2. The Morgan fingerprint density at radius 3 is 2.38 bits per heavy atom. The maximum absolute atomic E-state index is 13.4. The summed E-state index contributed by atoms with van der Waals surface area (Å²) in [5.41, 5.74) is 2.13. The molecule has 2 aromatic carbocycles. The van der Waals surface area contributed by atoms with Gasteiger partial charge in [-0.3, -0.25) is 0 Å². The van der Waals surface area contributed by atoms with Crippen LogP contribution in [0.4, 0.5) is 19.0 Å². The number of ether oxygens (including phenoxy) is 1. The summed E-state index contributed by atoms with van der Waals surface area (Å²) < 4.78 is 47.3. The van der Waals surface area contributed by atoms with Crippen molar-refractivity contribution < 1.29 is 17.9 Å². The van der Waals surface area contributed by atoms with Crippen LogP contribution in [0.15, 0.2) is 54.7 Å². The first-order valence-corrected chi connectivity index (χ1v) is 11.2. The summed E-state index contributed by atoms with van der Waals surface area (Å²) in [6.45, 7) is 6.61. The van der Waals surface area contributed by atoms with Crippen molar-refractivity contribution in [2.24, 2.45) is 0 Å². The average Bonchev–Trinajstić information content (AvgIpc) is 3.28. The molecule has 1 fully saturated rings. The molecule has 0 amide bonds. The van der Waals surface area contributed by atoms with Gasteiger partial charge in [0.1, 0.15) is 5.82 Å². The smallest absolute Gasteiger partial charge is 0.378 e. The van der Waals surface area contributed by atoms with Crippen molar-refractivity contribution in [2.75, 3.05) is 31.2 Å². The molecule has 0 radical (unpaired) electrons. The van der Waals surface area contributed by atoms with Crippen molar-refractivity contribution in [1.82, 2.24) is 19.7 Å². The van der Waals surface area contributed by atoms with E-state index in [1.165, 1.54) is 11.6 Å². The molecule has 0 saturated carbocycles. The van der Waals surface area contributed by atoms with Crippen LogP contribution in [0.2, 0.25) is 0 Å². The van der Waals surface area contributed by atoms with Gasteiger partial charge in [0.25, 0.3) is 0 Å². The Bertz CT molecular complexity index is 1310. The van der Waals surface area contributed by atoms with E-state index in [2.05, 4.69) is 28.8 Å². The van der Waals surface area contributed by atoms with Gasteiger partial charge in [0.15, 0.2) is 11.5 Å². The van der Waals surface area contributed by atoms with Crippen LogP contribution < -0.4 is 4.90 Å². The van der Waals surface area contributed by atoms with E-state index in [-0.39, 0.29) is 5.82 Å². The highest BCUT2D eigenvalue weighted by molar-refractivity contribution is 5.89. The fraction of sp³-hybridized carbons (Fsp3) is 0.320. The van der Waals surface area contributed by atoms with Crippen LogP contribution in [0.1, 0.15) is 30.9 Å². The summed E-state index contributed by atoms with van der Waals surface area (Å²) in [5.74, 6) is 1.26. The average molecular weight is 467 g/mol. The van der Waals surface area contributed by atoms with Crippen molar-refractivity contribution in [3.8, 4) is 17.1 Å². The van der Waals surface area contributed by atoms with Gasteiger partial charge in [-0.2, -0.15) is 18.3 Å². The predicted octanol–water partition coefficient (Wildman–Crippen LogP) is 5.46. The molecule has 176 valence electrons. The van der Waals surface area contributed by atoms with Crippen LogP contribution in [0.25, 0.3) is 28.1 Å². The minimum Gasteiger partial charge on any atom is -0.378 e. The van der Waals surface area contributed by atoms with E-state index in [1.807, 2.05) is 24.3 Å². The summed E-state index contributed by atoms with van der Waals surface area (Å²) in [5, 5.41) is 5.30. The summed E-state index contributed by atoms with van der Waals surface area (Å²) in [4.78, 5) is 11.5. The highest BCUT2D eigenvalue weighted by atomic mass is 19.4. The third-order valence-electron chi connectivity index (χ3n) is 5.97. The molecule has 0 atom stereocenters. The molecule has 1 aliphatic rings. The lowest BCUT2D eigenvalue weighted by Gasteiger charge is -2.28. The van der Waals surface area contributed by atoms with Gasteiger partial charge in [-0.25, -0.2) is 14.6 Å². The highest BCUT2D eigenvalue weighted by Crippen LogP contribution is 2.34. The zero-order chi connectivity index (χ0) is 23.9. The largest absolute Gasteiger partial charge is 0.416 e. The Morgan fingerprint density at radius 2 is 1.71 bits per heavy atom. The molecule has 2 aromatic heterocycles. The summed E-state index contributed by atoms with van der Waals surface area (Å²) in [6, 6.07) is 13.1. The van der Waals surface area contributed by atoms with Crippen LogP contribution in [0, 0.1) is 0 Å². The second kappa shape index (κ2) is 8.72. The molecule has 0 unspecified atom stereocenters. The van der Waals surface area contributed by atoms with E-state index in [4.69, 9.17) is 9.72 Å². The Labute approximate surface area is 195 Å². The second-order valence-corrected chi connectivity index (χ2v) is 8.59. The number of benzene rings is 2. The quantitative estimate of drug-likeness (QED) is 0.399. The molecule has 4 aromatic rings. The van der Waals surface area contributed by atoms with Gasteiger partial charge in [-0.05, 0) is 35.7 Å². The first-order chi connectivity index (χ1) is 16.3. The Kier molecular flexibility index (Phi) is 5.73. The highest BCUT2D eigenvalue weighted by Gasteiger charge is 2.31. The molecule has 34 heavy (non-hydrogen) atoms. The third kappa shape index (κ3) is 4.23. The Hall–Kier alpha value is -3.46. The van der Waals surface area contributed by atoms with Gasteiger partial charge in [-0.1, -0.05) is 38.1 Å². The number of hydrogen-bond acceptors (Lipinski definition) is 5. The fourth-order valence-corrected chi connectivity index (χ4v) is 4.06. The zero-order valence-corrected chi connectivity index (χ0v) is 18.9. The predicted molar refractivity (Wildman–Crippen MR) is 124 cm³/mol. The lowest BCUT2D eigenvalue weighted by atomic mass is 10.0. The zero-order valence-electron chi connectivity index (χ0n) is 18.9. The molecule has 0 aliphatic carbocycles. The molecular formula is C25H24F3N5O. The molecule has 3 heterocycles. The van der Waals surface area contributed by atoms with Crippen LogP contribution in [0.3, 0.4) is 0 Å². The van der Waals surface area contributed by atoms with Gasteiger partial charge in [0.05, 0.1) is 36.0 Å². The number of aromatic nitrogens is 4. The summed E-state index contributed by atoms with van der Waals surface area (Å²) in [6.07, 6.45) is -2.74. The minimum atomic E-state index is -4.45. The molecule has 0 N–H and O–H groups in total. The first kappa shape index (κ1) is 22.3. The number of hydrogen-bond donors (Lipinski definition) is 0. The molecule has 6 nitrogen and oxygen atoms in total. The number of nitrogens with zero attached hydrogens (tertiary/aromatic N) is 5. The normalized spacial score (nSPS) is 14.8. The van der Waals surface area contributed by atoms with Crippen LogP contribution in [-0.2, 0) is 10.9 Å². The van der Waals surface area contributed by atoms with Crippen molar-refractivity contribution >= 4 is 16.9 Å². The van der Waals surface area contributed by atoms with Crippen LogP contribution >= 0.6 is 0 Å². The minimum absolute atomic E-state index is 0.223. The topological polar surface area (TPSA) is 56.1 Å². The molecule has 1 aliphatic heterocycles. The standard InChI is InChI=1S/C25H24F3N5O/c1-16(2)17-6-8-20(9-7-17)33-24-21(15-29-33)23(32-10-12-34-13-11-32)30-22(31-24)18-4-3-5-19(14-18)25(26,27)28/h3-9,14-16H,10-13H2,1-2H3. The Balaban J connectivity index is 1.68. The molecule has 1 saturated heterocycles. The van der Waals surface area contributed by atoms with Gasteiger partial charge >= 0.3 is 6.18 Å². The van der Waals surface area contributed by atoms with E-state index in [1.54, 1.807) is 16.9 Å². The van der Waals surface area contributed by atoms with E-state index in [9.17, 15) is 13.2 Å². The van der Waals surface area contributed by atoms with Gasteiger partial charge in [0.2, 0.25) is 0 Å². The van der Waals surface area contributed by atoms with E-state index in [0.717, 1.165) is 23.2 Å². The summed E-state index contributed by atoms with van der Waals surface area (Å²) >= 11 is 0. The Morgan fingerprint density at radius 1 is 0.971 bits per heavy atom. The van der Waals surface area contributed by atoms with E-state index >= 15 is 0 Å². The lowest BCUT2D eigenvalue weighted by molar-refractivity contribution is -0.137. The van der Waals surface area contributed by atoms with Crippen molar-refractivity contribution in [3.05, 3.63) is 65.9 Å². The van der Waals surface area contributed by atoms with E-state index in [0.29, 0.717) is 49.2 Å². The maximum atomic E-state index is 13.4.